The molecule has 0 aromatic heterocycles. The van der Waals surface area contributed by atoms with Gasteiger partial charge in [0.2, 0.25) is 0 Å². The van der Waals surface area contributed by atoms with E-state index in [2.05, 4.69) is 126 Å². The number of fused-ring (bicyclic) bond motifs is 1. The molecule has 0 bridgehead atoms. The molecule has 4 aromatic carbocycles. The maximum absolute atomic E-state index is 2.42. The van der Waals surface area contributed by atoms with E-state index in [0.29, 0.717) is 0 Å². The zero-order valence-electron chi connectivity index (χ0n) is 19.1. The predicted molar refractivity (Wildman–Crippen MR) is 132 cm³/mol. The van der Waals surface area contributed by atoms with Crippen molar-refractivity contribution in [2.45, 2.75) is 52.4 Å². The summed E-state index contributed by atoms with van der Waals surface area (Å²) in [5, 5.41) is 2.62. The van der Waals surface area contributed by atoms with Gasteiger partial charge in [0.25, 0.3) is 0 Å². The minimum atomic E-state index is 0.0688. The largest absolute Gasteiger partial charge is 0.0622 e. The van der Waals surface area contributed by atoms with Crippen molar-refractivity contribution >= 4 is 10.8 Å². The summed E-state index contributed by atoms with van der Waals surface area (Å²) in [6.07, 6.45) is 0. The molecule has 0 heterocycles. The highest BCUT2D eigenvalue weighted by molar-refractivity contribution is 5.94. The highest BCUT2D eigenvalue weighted by atomic mass is 14.3. The van der Waals surface area contributed by atoms with Crippen LogP contribution in [0.5, 0.6) is 0 Å². The Hall–Kier alpha value is -2.86. The first kappa shape index (κ1) is 20.4. The smallest absolute Gasteiger partial charge is 0.0125 e. The van der Waals surface area contributed by atoms with E-state index in [0.717, 1.165) is 0 Å². The summed E-state index contributed by atoms with van der Waals surface area (Å²) in [5.74, 6) is 0. The Balaban J connectivity index is 2.06. The van der Waals surface area contributed by atoms with Gasteiger partial charge in [0.15, 0.2) is 0 Å². The van der Waals surface area contributed by atoms with Crippen LogP contribution in [-0.4, -0.2) is 0 Å². The SMILES string of the molecule is CC(C)(C)c1cc2cc(C(C)(C)C)c(-c3ccccc3)cc2cc1-c1ccccc1. The van der Waals surface area contributed by atoms with Gasteiger partial charge < -0.3 is 0 Å². The minimum absolute atomic E-state index is 0.0688. The molecule has 0 heteroatoms. The molecule has 0 spiro atoms. The van der Waals surface area contributed by atoms with Crippen LogP contribution in [0, 0.1) is 0 Å². The van der Waals surface area contributed by atoms with E-state index in [1.54, 1.807) is 0 Å². The van der Waals surface area contributed by atoms with Crippen molar-refractivity contribution < 1.29 is 0 Å². The van der Waals surface area contributed by atoms with Crippen molar-refractivity contribution in [1.29, 1.82) is 0 Å². The molecule has 30 heavy (non-hydrogen) atoms. The average Bonchev–Trinajstić information content (AvgIpc) is 2.72. The first-order chi connectivity index (χ1) is 14.1. The van der Waals surface area contributed by atoms with Gasteiger partial charge in [-0.15, -0.1) is 0 Å². The fourth-order valence-corrected chi connectivity index (χ4v) is 4.30. The molecule has 152 valence electrons. The van der Waals surface area contributed by atoms with E-state index in [1.165, 1.54) is 44.2 Å². The average molecular weight is 393 g/mol. The zero-order chi connectivity index (χ0) is 21.5. The highest BCUT2D eigenvalue weighted by Crippen LogP contribution is 2.40. The second-order valence-corrected chi connectivity index (χ2v) is 10.4. The second kappa shape index (κ2) is 7.43. The van der Waals surface area contributed by atoms with Crippen LogP contribution in [0.1, 0.15) is 52.7 Å². The van der Waals surface area contributed by atoms with E-state index in [9.17, 15) is 0 Å². The Bertz CT molecular complexity index is 1080. The Morgan fingerprint density at radius 2 is 0.767 bits per heavy atom. The first-order valence-electron chi connectivity index (χ1n) is 10.9. The molecule has 0 atom stereocenters. The third-order valence-electron chi connectivity index (χ3n) is 5.90. The quantitative estimate of drug-likeness (QED) is 0.320. The molecule has 4 aromatic rings. The van der Waals surface area contributed by atoms with Gasteiger partial charge in [0.05, 0.1) is 0 Å². The fraction of sp³-hybridized carbons (Fsp3) is 0.267. The van der Waals surface area contributed by atoms with Crippen molar-refractivity contribution in [3.05, 3.63) is 96.1 Å². The molecule has 0 aliphatic carbocycles. The third-order valence-corrected chi connectivity index (χ3v) is 5.90. The first-order valence-corrected chi connectivity index (χ1v) is 10.9. The topological polar surface area (TPSA) is 0 Å². The van der Waals surface area contributed by atoms with Gasteiger partial charge in [-0.05, 0) is 79.2 Å². The molecule has 0 aliphatic rings. The molecular weight excluding hydrogens is 360 g/mol. The molecule has 4 rings (SSSR count). The Labute approximate surface area is 181 Å². The number of rotatable bonds is 2. The summed E-state index contributed by atoms with van der Waals surface area (Å²) in [4.78, 5) is 0. The van der Waals surface area contributed by atoms with Gasteiger partial charge >= 0.3 is 0 Å². The number of hydrogen-bond acceptors (Lipinski definition) is 0. The van der Waals surface area contributed by atoms with Gasteiger partial charge in [-0.2, -0.15) is 0 Å². The molecular formula is C30H32. The molecule has 0 N–H and O–H groups in total. The lowest BCUT2D eigenvalue weighted by molar-refractivity contribution is 0.591. The van der Waals surface area contributed by atoms with Gasteiger partial charge in [0, 0.05) is 0 Å². The number of benzene rings is 4. The van der Waals surface area contributed by atoms with E-state index in [4.69, 9.17) is 0 Å². The normalized spacial score (nSPS) is 12.3. The van der Waals surface area contributed by atoms with Crippen LogP contribution in [0.25, 0.3) is 33.0 Å². The third kappa shape index (κ3) is 3.92. The molecule has 0 radical (unpaired) electrons. The van der Waals surface area contributed by atoms with Crippen molar-refractivity contribution in [3.63, 3.8) is 0 Å². The summed E-state index contributed by atoms with van der Waals surface area (Å²) in [6, 6.07) is 31.2. The zero-order valence-corrected chi connectivity index (χ0v) is 19.1. The summed E-state index contributed by atoms with van der Waals surface area (Å²) in [7, 11) is 0. The Morgan fingerprint density at radius 1 is 0.433 bits per heavy atom. The van der Waals surface area contributed by atoms with Crippen LogP contribution in [0.2, 0.25) is 0 Å². The van der Waals surface area contributed by atoms with Crippen LogP contribution >= 0.6 is 0 Å². The predicted octanol–water partition coefficient (Wildman–Crippen LogP) is 8.77. The lowest BCUT2D eigenvalue weighted by atomic mass is 9.77. The van der Waals surface area contributed by atoms with Crippen molar-refractivity contribution in [2.24, 2.45) is 0 Å². The van der Waals surface area contributed by atoms with E-state index in [1.807, 2.05) is 0 Å². The second-order valence-electron chi connectivity index (χ2n) is 10.4. The molecule has 0 nitrogen and oxygen atoms in total. The summed E-state index contributed by atoms with van der Waals surface area (Å²) >= 11 is 0. The molecule has 0 saturated carbocycles. The summed E-state index contributed by atoms with van der Waals surface area (Å²) in [5.41, 5.74) is 8.16. The standard InChI is InChI=1S/C30H32/c1-29(2,3)27-19-24-20-28(30(4,5)6)26(22-15-11-8-12-16-22)18-23(24)17-25(27)21-13-9-7-10-14-21/h7-20H,1-6H3. The van der Waals surface area contributed by atoms with Crippen LogP contribution in [0.15, 0.2) is 84.9 Å². The summed E-state index contributed by atoms with van der Waals surface area (Å²) < 4.78 is 0. The van der Waals surface area contributed by atoms with E-state index in [-0.39, 0.29) is 10.8 Å². The van der Waals surface area contributed by atoms with Gasteiger partial charge in [-0.3, -0.25) is 0 Å². The minimum Gasteiger partial charge on any atom is -0.0622 e. The van der Waals surface area contributed by atoms with Crippen LogP contribution in [0.3, 0.4) is 0 Å². The van der Waals surface area contributed by atoms with Gasteiger partial charge in [0.1, 0.15) is 0 Å². The Morgan fingerprint density at radius 3 is 1.10 bits per heavy atom. The molecule has 0 saturated heterocycles. The van der Waals surface area contributed by atoms with E-state index < -0.39 is 0 Å². The molecule has 0 amide bonds. The van der Waals surface area contributed by atoms with Crippen LogP contribution in [0.4, 0.5) is 0 Å². The van der Waals surface area contributed by atoms with Crippen molar-refractivity contribution in [2.75, 3.05) is 0 Å². The van der Waals surface area contributed by atoms with Crippen LogP contribution < -0.4 is 0 Å². The molecule has 0 unspecified atom stereocenters. The Kier molecular flexibility index (Phi) is 5.06. The lowest BCUT2D eigenvalue weighted by Gasteiger charge is -2.27. The van der Waals surface area contributed by atoms with Crippen molar-refractivity contribution in [1.82, 2.24) is 0 Å². The number of hydrogen-bond donors (Lipinski definition) is 0. The maximum atomic E-state index is 2.42. The van der Waals surface area contributed by atoms with Gasteiger partial charge in [-0.25, -0.2) is 0 Å². The maximum Gasteiger partial charge on any atom is -0.0125 e. The molecule has 0 fully saturated rings. The summed E-state index contributed by atoms with van der Waals surface area (Å²) in [6.45, 7) is 13.9. The monoisotopic (exact) mass is 392 g/mol. The fourth-order valence-electron chi connectivity index (χ4n) is 4.30. The van der Waals surface area contributed by atoms with Crippen LogP contribution in [-0.2, 0) is 10.8 Å². The van der Waals surface area contributed by atoms with Gasteiger partial charge in [-0.1, -0.05) is 102 Å². The highest BCUT2D eigenvalue weighted by Gasteiger charge is 2.23. The van der Waals surface area contributed by atoms with E-state index >= 15 is 0 Å². The lowest BCUT2D eigenvalue weighted by Crippen LogP contribution is -2.14. The van der Waals surface area contributed by atoms with Crippen molar-refractivity contribution in [3.8, 4) is 22.3 Å². The molecule has 0 aliphatic heterocycles.